The number of nitrogens with zero attached hydrogens (tertiary/aromatic N) is 2. The van der Waals surface area contributed by atoms with Crippen molar-refractivity contribution in [2.45, 2.75) is 56.9 Å². The van der Waals surface area contributed by atoms with Crippen LogP contribution in [0.15, 0.2) is 42.6 Å². The Hall–Kier alpha value is -3.30. The fraction of sp³-hybridized carbons (Fsp3) is 0.435. The fourth-order valence-corrected chi connectivity index (χ4v) is 4.18. The van der Waals surface area contributed by atoms with Crippen molar-refractivity contribution in [1.82, 2.24) is 15.2 Å². The molecule has 2 amide bonds. The van der Waals surface area contributed by atoms with Gasteiger partial charge in [0.15, 0.2) is 17.5 Å². The van der Waals surface area contributed by atoms with E-state index in [0.717, 1.165) is 32.1 Å². The lowest BCUT2D eigenvalue weighted by Gasteiger charge is -2.33. The lowest BCUT2D eigenvalue weighted by atomic mass is 9.95. The molecular formula is C23H24F3N3O4. The first-order valence-electron chi connectivity index (χ1n) is 10.8. The predicted octanol–water partition coefficient (Wildman–Crippen LogP) is 3.89. The van der Waals surface area contributed by atoms with Crippen LogP contribution in [0, 0.1) is 0 Å². The van der Waals surface area contributed by atoms with E-state index in [4.69, 9.17) is 9.47 Å². The molecule has 0 radical (unpaired) electrons. The van der Waals surface area contributed by atoms with E-state index in [1.165, 1.54) is 18.3 Å². The number of halogens is 3. The molecule has 1 N–H and O–H groups in total. The van der Waals surface area contributed by atoms with Gasteiger partial charge in [0.25, 0.3) is 0 Å². The van der Waals surface area contributed by atoms with Crippen molar-refractivity contribution >= 4 is 11.8 Å². The SMILES string of the molecule is O=C(NC1CCCCC1)[C@H](c1ccccn1)N(Cc1ccc2c(c1)OCO2)C(=O)C(F)(F)F. The number of alkyl halides is 3. The van der Waals surface area contributed by atoms with Gasteiger partial charge in [0, 0.05) is 18.8 Å². The maximum atomic E-state index is 13.6. The number of amides is 2. The molecule has 0 spiro atoms. The number of pyridine rings is 1. The Morgan fingerprint density at radius 2 is 1.85 bits per heavy atom. The topological polar surface area (TPSA) is 80.8 Å². The van der Waals surface area contributed by atoms with Crippen LogP contribution < -0.4 is 14.8 Å². The average Bonchev–Trinajstić information content (AvgIpc) is 3.27. The van der Waals surface area contributed by atoms with Gasteiger partial charge in [-0.05, 0) is 42.7 Å². The summed E-state index contributed by atoms with van der Waals surface area (Å²) in [6.45, 7) is -0.460. The third-order valence-electron chi connectivity index (χ3n) is 5.77. The van der Waals surface area contributed by atoms with Crippen LogP contribution in [0.2, 0.25) is 0 Å². The standard InChI is InChI=1S/C23H24F3N3O4/c24-23(25,26)22(31)29(13-15-9-10-18-19(12-15)33-14-32-18)20(17-8-4-5-11-27-17)21(30)28-16-6-2-1-3-7-16/h4-5,8-12,16,20H,1-3,6-7,13-14H2,(H,28,30)/t20-/m0/s1. The first-order chi connectivity index (χ1) is 15.8. The van der Waals surface area contributed by atoms with E-state index in [0.29, 0.717) is 22.0 Å². The van der Waals surface area contributed by atoms with Crippen molar-refractivity contribution in [1.29, 1.82) is 0 Å². The van der Waals surface area contributed by atoms with Gasteiger partial charge in [-0.2, -0.15) is 13.2 Å². The monoisotopic (exact) mass is 463 g/mol. The summed E-state index contributed by atoms with van der Waals surface area (Å²) in [6, 6.07) is 7.52. The van der Waals surface area contributed by atoms with Gasteiger partial charge in [0.2, 0.25) is 12.7 Å². The molecule has 7 nitrogen and oxygen atoms in total. The Morgan fingerprint density at radius 3 is 2.55 bits per heavy atom. The summed E-state index contributed by atoms with van der Waals surface area (Å²) >= 11 is 0. The zero-order valence-corrected chi connectivity index (χ0v) is 17.8. The molecule has 176 valence electrons. The first-order valence-corrected chi connectivity index (χ1v) is 10.8. The zero-order chi connectivity index (χ0) is 23.4. The highest BCUT2D eigenvalue weighted by molar-refractivity contribution is 5.90. The van der Waals surface area contributed by atoms with Gasteiger partial charge in [-0.3, -0.25) is 14.6 Å². The zero-order valence-electron chi connectivity index (χ0n) is 17.8. The molecule has 1 atom stereocenters. The van der Waals surface area contributed by atoms with E-state index in [1.54, 1.807) is 24.3 Å². The molecule has 1 aromatic carbocycles. The van der Waals surface area contributed by atoms with Crippen molar-refractivity contribution in [3.05, 3.63) is 53.9 Å². The molecule has 0 bridgehead atoms. The second-order valence-corrected chi connectivity index (χ2v) is 8.12. The molecule has 0 unspecified atom stereocenters. The van der Waals surface area contributed by atoms with E-state index in [1.807, 2.05) is 0 Å². The van der Waals surface area contributed by atoms with Gasteiger partial charge in [-0.25, -0.2) is 0 Å². The maximum absolute atomic E-state index is 13.6. The van der Waals surface area contributed by atoms with Gasteiger partial charge in [-0.1, -0.05) is 31.4 Å². The molecule has 2 heterocycles. The van der Waals surface area contributed by atoms with Crippen LogP contribution in [0.25, 0.3) is 0 Å². The second kappa shape index (κ2) is 9.68. The van der Waals surface area contributed by atoms with Crippen molar-refractivity contribution in [3.8, 4) is 11.5 Å². The lowest BCUT2D eigenvalue weighted by molar-refractivity contribution is -0.189. The minimum absolute atomic E-state index is 0.00430. The van der Waals surface area contributed by atoms with E-state index in [9.17, 15) is 22.8 Å². The minimum Gasteiger partial charge on any atom is -0.454 e. The number of ether oxygens (including phenoxy) is 2. The summed E-state index contributed by atoms with van der Waals surface area (Å²) in [6.07, 6.45) is 0.621. The number of carbonyl (C=O) groups is 2. The van der Waals surface area contributed by atoms with Gasteiger partial charge in [-0.15, -0.1) is 0 Å². The van der Waals surface area contributed by atoms with Crippen LogP contribution in [-0.2, 0) is 16.1 Å². The molecule has 2 aliphatic rings. The number of hydrogen-bond acceptors (Lipinski definition) is 5. The van der Waals surface area contributed by atoms with Gasteiger partial charge in [0.1, 0.15) is 0 Å². The highest BCUT2D eigenvalue weighted by Gasteiger charge is 2.47. The number of hydrogen-bond donors (Lipinski definition) is 1. The van der Waals surface area contributed by atoms with Crippen LogP contribution in [0.5, 0.6) is 11.5 Å². The molecule has 4 rings (SSSR count). The second-order valence-electron chi connectivity index (χ2n) is 8.12. The summed E-state index contributed by atoms with van der Waals surface area (Å²) in [5.41, 5.74) is 0.424. The summed E-state index contributed by atoms with van der Waals surface area (Å²) in [4.78, 5) is 30.5. The smallest absolute Gasteiger partial charge is 0.454 e. The number of nitrogens with one attached hydrogen (secondary N) is 1. The molecule has 1 aliphatic heterocycles. The van der Waals surface area contributed by atoms with Crippen LogP contribution in [0.3, 0.4) is 0 Å². The van der Waals surface area contributed by atoms with E-state index >= 15 is 0 Å². The third-order valence-corrected chi connectivity index (χ3v) is 5.77. The minimum atomic E-state index is -5.17. The van der Waals surface area contributed by atoms with Crippen molar-refractivity contribution < 1.29 is 32.2 Å². The molecule has 1 aromatic heterocycles. The molecule has 1 fully saturated rings. The van der Waals surface area contributed by atoms with Crippen LogP contribution in [0.4, 0.5) is 13.2 Å². The van der Waals surface area contributed by atoms with Crippen LogP contribution in [0.1, 0.15) is 49.4 Å². The first kappa shape index (κ1) is 22.9. The summed E-state index contributed by atoms with van der Waals surface area (Å²) in [5, 5.41) is 2.85. The summed E-state index contributed by atoms with van der Waals surface area (Å²) < 4.78 is 51.4. The third kappa shape index (κ3) is 5.37. The van der Waals surface area contributed by atoms with Gasteiger partial charge in [0.05, 0.1) is 5.69 Å². The van der Waals surface area contributed by atoms with E-state index in [2.05, 4.69) is 10.3 Å². The van der Waals surface area contributed by atoms with Crippen LogP contribution >= 0.6 is 0 Å². The highest BCUT2D eigenvalue weighted by atomic mass is 19.4. The van der Waals surface area contributed by atoms with Gasteiger partial charge >= 0.3 is 12.1 Å². The molecule has 10 heteroatoms. The Morgan fingerprint density at radius 1 is 1.09 bits per heavy atom. The molecule has 0 saturated heterocycles. The van der Waals surface area contributed by atoms with Crippen molar-refractivity contribution in [2.24, 2.45) is 0 Å². The van der Waals surface area contributed by atoms with Gasteiger partial charge < -0.3 is 19.7 Å². The predicted molar refractivity (Wildman–Crippen MR) is 111 cm³/mol. The number of benzene rings is 1. The fourth-order valence-electron chi connectivity index (χ4n) is 4.18. The molecule has 1 saturated carbocycles. The molecule has 1 aliphatic carbocycles. The normalized spacial score (nSPS) is 16.8. The van der Waals surface area contributed by atoms with E-state index in [-0.39, 0.29) is 18.5 Å². The summed E-state index contributed by atoms with van der Waals surface area (Å²) in [7, 11) is 0. The van der Waals surface area contributed by atoms with Crippen molar-refractivity contribution in [2.75, 3.05) is 6.79 Å². The maximum Gasteiger partial charge on any atom is 0.471 e. The molecular weight excluding hydrogens is 439 g/mol. The lowest BCUT2D eigenvalue weighted by Crippen LogP contribution is -2.50. The number of carbonyl (C=O) groups excluding carboxylic acids is 2. The molecule has 33 heavy (non-hydrogen) atoms. The van der Waals surface area contributed by atoms with E-state index < -0.39 is 30.6 Å². The Labute approximate surface area is 188 Å². The Balaban J connectivity index is 1.69. The number of rotatable bonds is 6. The number of aromatic nitrogens is 1. The average molecular weight is 463 g/mol. The largest absolute Gasteiger partial charge is 0.471 e. The van der Waals surface area contributed by atoms with Crippen LogP contribution in [-0.4, -0.2) is 40.7 Å². The highest BCUT2D eigenvalue weighted by Crippen LogP contribution is 2.35. The van der Waals surface area contributed by atoms with Crippen molar-refractivity contribution in [3.63, 3.8) is 0 Å². The number of fused-ring (bicyclic) bond motifs is 1. The Kier molecular flexibility index (Phi) is 6.71. The quantitative estimate of drug-likeness (QED) is 0.703. The Bertz CT molecular complexity index is 994. The molecule has 2 aromatic rings. The summed E-state index contributed by atoms with van der Waals surface area (Å²) in [5.74, 6) is -1.97.